The molecule has 1 aliphatic heterocycles. The fraction of sp³-hybridized carbons (Fsp3) is 0.286. The van der Waals surface area contributed by atoms with Crippen LogP contribution in [0.15, 0.2) is 12.1 Å². The van der Waals surface area contributed by atoms with Gasteiger partial charge in [-0.2, -0.15) is 8.42 Å². The van der Waals surface area contributed by atoms with Crippen molar-refractivity contribution in [1.29, 1.82) is 0 Å². The van der Waals surface area contributed by atoms with Gasteiger partial charge in [0.1, 0.15) is 0 Å². The molecular formula is C7H5Cl2NO3S2. The minimum Gasteiger partial charge on any atom is -0.274 e. The van der Waals surface area contributed by atoms with Gasteiger partial charge in [0.15, 0.2) is 0 Å². The Morgan fingerprint density at radius 2 is 2.13 bits per heavy atom. The van der Waals surface area contributed by atoms with Gasteiger partial charge in [0.05, 0.1) is 16.8 Å². The van der Waals surface area contributed by atoms with Crippen LogP contribution in [-0.4, -0.2) is 18.6 Å². The number of carbonyl (C=O) groups is 1. The van der Waals surface area contributed by atoms with E-state index in [9.17, 15) is 13.2 Å². The van der Waals surface area contributed by atoms with Crippen molar-refractivity contribution in [3.05, 3.63) is 21.3 Å². The lowest BCUT2D eigenvalue weighted by Crippen LogP contribution is -2.47. The van der Waals surface area contributed by atoms with E-state index in [1.54, 1.807) is 12.1 Å². The molecule has 1 aliphatic rings. The predicted octanol–water partition coefficient (Wildman–Crippen LogP) is 2.16. The number of carbonyl (C=O) groups excluding carboxylic acids is 1. The van der Waals surface area contributed by atoms with Crippen molar-refractivity contribution in [3.63, 3.8) is 0 Å². The summed E-state index contributed by atoms with van der Waals surface area (Å²) in [5.41, 5.74) is 0. The van der Waals surface area contributed by atoms with Crippen molar-refractivity contribution in [1.82, 2.24) is 4.31 Å². The van der Waals surface area contributed by atoms with Crippen molar-refractivity contribution in [2.24, 2.45) is 0 Å². The van der Waals surface area contributed by atoms with E-state index in [1.165, 1.54) is 11.3 Å². The van der Waals surface area contributed by atoms with Gasteiger partial charge in [0, 0.05) is 15.6 Å². The van der Waals surface area contributed by atoms with E-state index >= 15 is 0 Å². The van der Waals surface area contributed by atoms with E-state index in [0.717, 1.165) is 4.88 Å². The molecular weight excluding hydrogens is 281 g/mol. The number of nitrogens with zero attached hydrogens (tertiary/aromatic N) is 1. The maximum absolute atomic E-state index is 11.1. The highest BCUT2D eigenvalue weighted by molar-refractivity contribution is 8.12. The third-order valence-corrected chi connectivity index (χ3v) is 4.76. The molecule has 0 N–H and O–H groups in total. The van der Waals surface area contributed by atoms with E-state index in [4.69, 9.17) is 22.3 Å². The molecule has 0 spiro atoms. The van der Waals surface area contributed by atoms with Crippen LogP contribution in [0.25, 0.3) is 0 Å². The lowest BCUT2D eigenvalue weighted by Gasteiger charge is -2.36. The number of hydrogen-bond acceptors (Lipinski definition) is 4. The quantitative estimate of drug-likeness (QED) is 0.618. The van der Waals surface area contributed by atoms with Crippen molar-refractivity contribution in [3.8, 4) is 0 Å². The van der Waals surface area contributed by atoms with Crippen LogP contribution in [0.5, 0.6) is 0 Å². The molecule has 15 heavy (non-hydrogen) atoms. The summed E-state index contributed by atoms with van der Waals surface area (Å²) in [6.45, 7) is 0. The smallest absolute Gasteiger partial charge is 0.274 e. The Kier molecular flexibility index (Phi) is 2.70. The first-order valence-electron chi connectivity index (χ1n) is 3.91. The predicted molar refractivity (Wildman–Crippen MR) is 58.3 cm³/mol. The topological polar surface area (TPSA) is 54.5 Å². The van der Waals surface area contributed by atoms with Gasteiger partial charge in [0.2, 0.25) is 5.91 Å². The maximum atomic E-state index is 11.1. The molecule has 1 atom stereocenters. The Morgan fingerprint density at radius 3 is 2.53 bits per heavy atom. The molecule has 1 amide bonds. The fourth-order valence-corrected chi connectivity index (χ4v) is 3.95. The van der Waals surface area contributed by atoms with E-state index in [-0.39, 0.29) is 6.42 Å². The first kappa shape index (κ1) is 11.2. The normalized spacial score (nSPS) is 21.6. The third kappa shape index (κ3) is 1.99. The second-order valence-electron chi connectivity index (χ2n) is 2.99. The molecule has 4 nitrogen and oxygen atoms in total. The SMILES string of the molecule is O=C1CC(c2ccc(Cl)s2)N1S(=O)(=O)Cl. The molecule has 0 aromatic carbocycles. The van der Waals surface area contributed by atoms with Gasteiger partial charge in [-0.25, -0.2) is 4.31 Å². The zero-order chi connectivity index (χ0) is 11.2. The van der Waals surface area contributed by atoms with Crippen molar-refractivity contribution in [2.75, 3.05) is 0 Å². The zero-order valence-electron chi connectivity index (χ0n) is 7.18. The van der Waals surface area contributed by atoms with Gasteiger partial charge in [-0.1, -0.05) is 11.6 Å². The molecule has 1 aromatic heterocycles. The number of hydrogen-bond donors (Lipinski definition) is 0. The van der Waals surface area contributed by atoms with Crippen LogP contribution in [0.3, 0.4) is 0 Å². The summed E-state index contributed by atoms with van der Waals surface area (Å²) in [7, 11) is 1.15. The van der Waals surface area contributed by atoms with Crippen LogP contribution >= 0.6 is 33.6 Å². The summed E-state index contributed by atoms with van der Waals surface area (Å²) >= 11 is 6.96. The van der Waals surface area contributed by atoms with E-state index < -0.39 is 21.2 Å². The lowest BCUT2D eigenvalue weighted by atomic mass is 10.1. The number of halogens is 2. The Morgan fingerprint density at radius 1 is 1.47 bits per heavy atom. The molecule has 2 heterocycles. The maximum Gasteiger partial charge on any atom is 0.324 e. The molecule has 1 saturated heterocycles. The highest BCUT2D eigenvalue weighted by Crippen LogP contribution is 2.41. The second kappa shape index (κ2) is 3.62. The van der Waals surface area contributed by atoms with E-state index in [1.807, 2.05) is 0 Å². The van der Waals surface area contributed by atoms with E-state index in [2.05, 4.69) is 0 Å². The van der Waals surface area contributed by atoms with Crippen LogP contribution in [-0.2, 0) is 14.0 Å². The third-order valence-electron chi connectivity index (χ3n) is 2.05. The molecule has 0 radical (unpaired) electrons. The Hall–Kier alpha value is -0.300. The fourth-order valence-electron chi connectivity index (χ4n) is 1.40. The van der Waals surface area contributed by atoms with Crippen LogP contribution in [0.1, 0.15) is 17.3 Å². The Bertz CT molecular complexity index is 510. The summed E-state index contributed by atoms with van der Waals surface area (Å²) in [6, 6.07) is 2.86. The van der Waals surface area contributed by atoms with E-state index in [0.29, 0.717) is 8.64 Å². The molecule has 1 aromatic rings. The van der Waals surface area contributed by atoms with Gasteiger partial charge in [0.25, 0.3) is 0 Å². The molecule has 82 valence electrons. The molecule has 1 unspecified atom stereocenters. The highest BCUT2D eigenvalue weighted by atomic mass is 35.7. The van der Waals surface area contributed by atoms with Crippen LogP contribution in [0, 0.1) is 0 Å². The van der Waals surface area contributed by atoms with Crippen molar-refractivity contribution < 1.29 is 13.2 Å². The van der Waals surface area contributed by atoms with Gasteiger partial charge >= 0.3 is 9.24 Å². The summed E-state index contributed by atoms with van der Waals surface area (Å²) in [5.74, 6) is -0.487. The van der Waals surface area contributed by atoms with Crippen molar-refractivity contribution >= 4 is 48.8 Å². The van der Waals surface area contributed by atoms with Crippen LogP contribution in [0.2, 0.25) is 4.34 Å². The average molecular weight is 286 g/mol. The highest BCUT2D eigenvalue weighted by Gasteiger charge is 2.45. The summed E-state index contributed by atoms with van der Waals surface area (Å²) in [4.78, 5) is 11.8. The standard InChI is InChI=1S/C7H5Cl2NO3S2/c8-6-2-1-5(14-6)4-3-7(11)10(4)15(9,12)13/h1-2,4H,3H2. The molecule has 0 saturated carbocycles. The number of rotatable bonds is 2. The lowest BCUT2D eigenvalue weighted by molar-refractivity contribution is -0.137. The minimum absolute atomic E-state index is 0.156. The molecule has 8 heteroatoms. The largest absolute Gasteiger partial charge is 0.324 e. The molecule has 2 rings (SSSR count). The Labute approximate surface area is 100.0 Å². The molecule has 0 aliphatic carbocycles. The average Bonchev–Trinajstić information content (AvgIpc) is 2.43. The number of amides is 1. The monoisotopic (exact) mass is 285 g/mol. The molecule has 1 fully saturated rings. The minimum atomic E-state index is -3.98. The summed E-state index contributed by atoms with van der Waals surface area (Å²) in [5, 5.41) is 0. The van der Waals surface area contributed by atoms with Crippen LogP contribution in [0.4, 0.5) is 0 Å². The van der Waals surface area contributed by atoms with Gasteiger partial charge in [-0.3, -0.25) is 4.79 Å². The summed E-state index contributed by atoms with van der Waals surface area (Å²) in [6.07, 6.45) is 0.156. The van der Waals surface area contributed by atoms with Gasteiger partial charge in [-0.05, 0) is 12.1 Å². The first-order valence-corrected chi connectivity index (χ1v) is 7.38. The molecule has 0 bridgehead atoms. The second-order valence-corrected chi connectivity index (χ2v) is 7.13. The summed E-state index contributed by atoms with van der Waals surface area (Å²) < 4.78 is 23.3. The van der Waals surface area contributed by atoms with Gasteiger partial charge < -0.3 is 0 Å². The van der Waals surface area contributed by atoms with Crippen LogP contribution < -0.4 is 0 Å². The number of thiophene rings is 1. The Balaban J connectivity index is 2.30. The zero-order valence-corrected chi connectivity index (χ0v) is 10.3. The van der Waals surface area contributed by atoms with Crippen molar-refractivity contribution in [2.45, 2.75) is 12.5 Å². The van der Waals surface area contributed by atoms with Gasteiger partial charge in [-0.15, -0.1) is 11.3 Å². The first-order chi connectivity index (χ1) is 6.89. The number of β-lactam (4-membered cyclic amide) rings is 1.